The maximum atomic E-state index is 12.2. The van der Waals surface area contributed by atoms with E-state index in [0.717, 1.165) is 11.3 Å². The lowest BCUT2D eigenvalue weighted by atomic mass is 10.1. The predicted octanol–water partition coefficient (Wildman–Crippen LogP) is 6.75. The molecule has 23 heteroatoms. The van der Waals surface area contributed by atoms with Crippen LogP contribution >= 0.6 is 11.8 Å². The number of nitrogen functional groups attached to an aromatic ring is 1. The van der Waals surface area contributed by atoms with Crippen molar-refractivity contribution in [1.29, 1.82) is 0 Å². The summed E-state index contributed by atoms with van der Waals surface area (Å²) in [4.78, 5) is 43.6. The average Bonchev–Trinajstić information content (AvgIpc) is 3.97. The molecule has 16 nitrogen and oxygen atoms in total. The van der Waals surface area contributed by atoms with Crippen molar-refractivity contribution in [2.45, 2.75) is 17.6 Å². The van der Waals surface area contributed by atoms with Gasteiger partial charge in [0.2, 0.25) is 5.89 Å². The highest BCUT2D eigenvalue weighted by atomic mass is 32.2. The van der Waals surface area contributed by atoms with E-state index in [2.05, 4.69) is 30.8 Å². The Morgan fingerprint density at radius 2 is 1.24 bits per heavy atom. The normalized spacial score (nSPS) is 11.5. The second-order valence-electron chi connectivity index (χ2n) is 12.1. The van der Waals surface area contributed by atoms with Gasteiger partial charge in [-0.2, -0.15) is 26.3 Å². The molecule has 7 N–H and O–H groups in total. The molecule has 5 amide bonds. The molecule has 0 aliphatic carbocycles. The second kappa shape index (κ2) is 17.6. The molecule has 0 fully saturated rings. The number of nitrogens with two attached hydrogens (primary N) is 1. The maximum absolute atomic E-state index is 12.2. The molecule has 0 saturated heterocycles. The van der Waals surface area contributed by atoms with Gasteiger partial charge in [0.15, 0.2) is 0 Å². The molecule has 0 atom stereocenters. The van der Waals surface area contributed by atoms with Crippen LogP contribution in [0.25, 0.3) is 45.3 Å². The Kier molecular flexibility index (Phi) is 12.3. The molecular formula is C36H30F6N12O4S. The molecule has 0 aliphatic heterocycles. The largest absolute Gasteiger partial charge is 0.411 e. The summed E-state index contributed by atoms with van der Waals surface area (Å²) < 4.78 is 82.3. The smallest absolute Gasteiger partial charge is 0.405 e. The zero-order chi connectivity index (χ0) is 42.3. The van der Waals surface area contributed by atoms with Crippen molar-refractivity contribution < 1.29 is 45.1 Å². The monoisotopic (exact) mass is 840 g/mol. The SMILES string of the molecule is CSc1nnc(-c2ccn3c(-c4cccc(NC(=O)NCC(F)(F)F)c4)cnc3c2)o1.NNC(=O)c1ccn2c(-c3cccc(NC(=O)NCC(F)(F)F)c3)cnc2c1. The number of carbonyl (C=O) groups excluding carboxylic acids is 3. The Morgan fingerprint density at radius 3 is 1.73 bits per heavy atom. The van der Waals surface area contributed by atoms with Gasteiger partial charge in [-0.25, -0.2) is 25.4 Å². The van der Waals surface area contributed by atoms with Crippen molar-refractivity contribution >= 4 is 52.4 Å². The van der Waals surface area contributed by atoms with Crippen LogP contribution in [-0.2, 0) is 0 Å². The number of halogens is 6. The molecular weight excluding hydrogens is 811 g/mol. The first kappa shape index (κ1) is 41.5. The molecule has 5 heterocycles. The minimum atomic E-state index is -4.49. The summed E-state index contributed by atoms with van der Waals surface area (Å²) in [5.41, 5.74) is 7.66. The van der Waals surface area contributed by atoms with E-state index in [-0.39, 0.29) is 0 Å². The summed E-state index contributed by atoms with van der Waals surface area (Å²) in [7, 11) is 0. The van der Waals surface area contributed by atoms with Crippen molar-refractivity contribution in [1.82, 2.24) is 45.0 Å². The van der Waals surface area contributed by atoms with Gasteiger partial charge in [0.1, 0.15) is 24.4 Å². The lowest BCUT2D eigenvalue weighted by Gasteiger charge is -2.11. The number of carbonyl (C=O) groups is 3. The second-order valence-corrected chi connectivity index (χ2v) is 12.9. The molecule has 0 bridgehead atoms. The fourth-order valence-corrected chi connectivity index (χ4v) is 5.66. The zero-order valence-corrected chi connectivity index (χ0v) is 31.0. The molecule has 0 saturated carbocycles. The summed E-state index contributed by atoms with van der Waals surface area (Å²) >= 11 is 1.35. The number of nitrogens with one attached hydrogen (secondary N) is 5. The van der Waals surface area contributed by atoms with Crippen molar-refractivity contribution in [2.75, 3.05) is 30.0 Å². The number of urea groups is 2. The standard InChI is InChI=1S/C19H15F3N6O2S.C17H15F3N6O2/c1-31-18-27-26-16(30-18)12-5-6-28-14(9-23-15(28)8-12)11-3-2-4-13(7-11)25-17(29)24-10-19(20,21)22;18-17(19,20)9-23-16(28)24-12-3-1-2-10(6-12)13-8-22-14-7-11(15(27)25-21)4-5-26(13)14/h2-9H,10H2,1H3,(H2,24,25,29);1-8H,9,21H2,(H,25,27)(H2,23,24,28). The van der Waals surface area contributed by atoms with Gasteiger partial charge in [0.25, 0.3) is 11.1 Å². The minimum absolute atomic E-state index is 0.311. The van der Waals surface area contributed by atoms with Crippen LogP contribution in [0.3, 0.4) is 0 Å². The molecule has 0 spiro atoms. The number of hydrogen-bond donors (Lipinski definition) is 6. The summed E-state index contributed by atoms with van der Waals surface area (Å²) in [6.45, 7) is -2.84. The summed E-state index contributed by atoms with van der Waals surface area (Å²) in [6.07, 6.45) is -0.470. The highest BCUT2D eigenvalue weighted by Crippen LogP contribution is 2.28. The van der Waals surface area contributed by atoms with Crippen molar-refractivity contribution in [3.8, 4) is 34.0 Å². The van der Waals surface area contributed by atoms with Crippen molar-refractivity contribution in [3.63, 3.8) is 0 Å². The topological polar surface area (TPSA) is 211 Å². The van der Waals surface area contributed by atoms with Crippen molar-refractivity contribution in [3.05, 3.63) is 103 Å². The van der Waals surface area contributed by atoms with Crippen LogP contribution in [0.4, 0.5) is 47.3 Å². The van der Waals surface area contributed by atoms with Crippen LogP contribution in [-0.4, -0.2) is 78.6 Å². The predicted molar refractivity (Wildman–Crippen MR) is 204 cm³/mol. The van der Waals surface area contributed by atoms with Gasteiger partial charge in [-0.15, -0.1) is 10.2 Å². The van der Waals surface area contributed by atoms with E-state index in [0.29, 0.717) is 56.2 Å². The highest BCUT2D eigenvalue weighted by Gasteiger charge is 2.28. The van der Waals surface area contributed by atoms with E-state index in [4.69, 9.17) is 10.3 Å². The van der Waals surface area contributed by atoms with Gasteiger partial charge in [-0.3, -0.25) is 19.0 Å². The zero-order valence-electron chi connectivity index (χ0n) is 30.2. The third-order valence-electron chi connectivity index (χ3n) is 7.98. The van der Waals surface area contributed by atoms with E-state index in [1.54, 1.807) is 107 Å². The average molecular weight is 841 g/mol. The molecule has 7 rings (SSSR count). The van der Waals surface area contributed by atoms with Crippen LogP contribution in [0.5, 0.6) is 0 Å². The number of amides is 5. The lowest BCUT2D eigenvalue weighted by molar-refractivity contribution is -0.123. The Balaban J connectivity index is 0.000000199. The van der Waals surface area contributed by atoms with E-state index in [9.17, 15) is 40.7 Å². The van der Waals surface area contributed by atoms with Gasteiger partial charge in [0, 0.05) is 46.0 Å². The first-order valence-corrected chi connectivity index (χ1v) is 18.1. The first-order valence-electron chi connectivity index (χ1n) is 16.9. The molecule has 0 radical (unpaired) electrons. The maximum Gasteiger partial charge on any atom is 0.405 e. The summed E-state index contributed by atoms with van der Waals surface area (Å²) in [5.74, 6) is 5.04. The van der Waals surface area contributed by atoms with E-state index in [1.165, 1.54) is 11.8 Å². The van der Waals surface area contributed by atoms with Crippen LogP contribution in [0.1, 0.15) is 10.4 Å². The fraction of sp³-hybridized carbons (Fsp3) is 0.139. The molecule has 2 aromatic carbocycles. The molecule has 5 aromatic heterocycles. The van der Waals surface area contributed by atoms with Crippen LogP contribution < -0.4 is 32.5 Å². The van der Waals surface area contributed by atoms with E-state index in [1.807, 2.05) is 22.1 Å². The van der Waals surface area contributed by atoms with Gasteiger partial charge in [-0.05, 0) is 54.8 Å². The van der Waals surface area contributed by atoms with Crippen molar-refractivity contribution in [2.24, 2.45) is 5.84 Å². The summed E-state index contributed by atoms with van der Waals surface area (Å²) in [6, 6.07) is 18.1. The number of anilines is 2. The number of hydrogen-bond acceptors (Lipinski definition) is 10. The minimum Gasteiger partial charge on any atom is -0.411 e. The highest BCUT2D eigenvalue weighted by molar-refractivity contribution is 7.98. The Bertz CT molecular complexity index is 2620. The number of alkyl halides is 6. The number of pyridine rings is 2. The number of hydrazine groups is 1. The first-order chi connectivity index (χ1) is 28.1. The molecule has 306 valence electrons. The van der Waals surface area contributed by atoms with Crippen LogP contribution in [0, 0.1) is 0 Å². The number of aromatic nitrogens is 6. The molecule has 59 heavy (non-hydrogen) atoms. The molecule has 0 aliphatic rings. The Labute approximate surface area is 332 Å². The fourth-order valence-electron chi connectivity index (χ4n) is 5.38. The van der Waals surface area contributed by atoms with Crippen LogP contribution in [0.15, 0.2) is 107 Å². The number of benzene rings is 2. The molecule has 0 unspecified atom stereocenters. The van der Waals surface area contributed by atoms with Gasteiger partial charge < -0.3 is 25.7 Å². The number of rotatable bonds is 9. The molecule has 7 aromatic rings. The quantitative estimate of drug-likeness (QED) is 0.0296. The summed E-state index contributed by atoms with van der Waals surface area (Å²) in [5, 5.41) is 16.6. The van der Waals surface area contributed by atoms with Gasteiger partial charge in [-0.1, -0.05) is 36.0 Å². The number of fused-ring (bicyclic) bond motifs is 2. The van der Waals surface area contributed by atoms with E-state index >= 15 is 0 Å². The third-order valence-corrected chi connectivity index (χ3v) is 8.49. The van der Waals surface area contributed by atoms with Crippen LogP contribution in [0.2, 0.25) is 0 Å². The third kappa shape index (κ3) is 10.8. The van der Waals surface area contributed by atoms with E-state index < -0.39 is 43.4 Å². The Morgan fingerprint density at radius 1 is 0.712 bits per heavy atom. The lowest BCUT2D eigenvalue weighted by Crippen LogP contribution is -2.36. The Hall–Kier alpha value is -7.14. The van der Waals surface area contributed by atoms with Gasteiger partial charge >= 0.3 is 24.4 Å². The van der Waals surface area contributed by atoms with Gasteiger partial charge in [0.05, 0.1) is 23.8 Å². The number of thioether (sulfide) groups is 1. The number of imidazole rings is 2. The number of nitrogens with zero attached hydrogens (tertiary/aromatic N) is 6.